The zero-order valence-corrected chi connectivity index (χ0v) is 15.5. The van der Waals surface area contributed by atoms with Crippen molar-refractivity contribution in [3.63, 3.8) is 0 Å². The standard InChI is InChI=1S/C16H18N6O4S/c1-20-13-11(15(23)21(2)16(20)24)14(27-7-6-17)19-12(18-13)9-4-3-5-10(8-9)22(25)26/h3-5,8,11-14,18-19H,7H2,1-2H3. The summed E-state index contributed by atoms with van der Waals surface area (Å²) in [7, 11) is 3.02. The van der Waals surface area contributed by atoms with Crippen LogP contribution in [0, 0.1) is 27.4 Å². The number of nitrogens with zero attached hydrogens (tertiary/aromatic N) is 4. The summed E-state index contributed by atoms with van der Waals surface area (Å²) in [5.41, 5.74) is 0.556. The van der Waals surface area contributed by atoms with Gasteiger partial charge in [-0.1, -0.05) is 12.1 Å². The van der Waals surface area contributed by atoms with Crippen molar-refractivity contribution in [2.24, 2.45) is 5.92 Å². The number of hydrogen-bond acceptors (Lipinski definition) is 8. The second-order valence-electron chi connectivity index (χ2n) is 6.27. The van der Waals surface area contributed by atoms with Crippen LogP contribution in [-0.2, 0) is 4.79 Å². The lowest BCUT2D eigenvalue weighted by Gasteiger charge is -2.50. The van der Waals surface area contributed by atoms with Crippen LogP contribution in [0.1, 0.15) is 11.7 Å². The van der Waals surface area contributed by atoms with Crippen LogP contribution in [0.25, 0.3) is 0 Å². The molecule has 4 unspecified atom stereocenters. The molecule has 0 aromatic heterocycles. The number of nitro benzene ring substituents is 1. The van der Waals surface area contributed by atoms with Crippen molar-refractivity contribution in [1.82, 2.24) is 20.4 Å². The second-order valence-corrected chi connectivity index (χ2v) is 7.40. The van der Waals surface area contributed by atoms with E-state index in [0.717, 1.165) is 4.90 Å². The molecule has 1 aromatic carbocycles. The van der Waals surface area contributed by atoms with Gasteiger partial charge in [0.25, 0.3) is 5.69 Å². The summed E-state index contributed by atoms with van der Waals surface area (Å²) in [5, 5.41) is 26.0. The first-order valence-electron chi connectivity index (χ1n) is 8.14. The van der Waals surface area contributed by atoms with E-state index in [2.05, 4.69) is 10.6 Å². The Balaban J connectivity index is 1.95. The lowest BCUT2D eigenvalue weighted by molar-refractivity contribution is -0.384. The van der Waals surface area contributed by atoms with Gasteiger partial charge in [-0.15, -0.1) is 11.8 Å². The molecular weight excluding hydrogens is 372 g/mol. The van der Waals surface area contributed by atoms with Crippen LogP contribution in [0.4, 0.5) is 10.5 Å². The van der Waals surface area contributed by atoms with Gasteiger partial charge in [-0.05, 0) is 5.56 Å². The molecule has 27 heavy (non-hydrogen) atoms. The Hall–Kier alpha value is -2.68. The van der Waals surface area contributed by atoms with Crippen molar-refractivity contribution in [3.05, 3.63) is 39.9 Å². The number of carbonyl (C=O) groups is 2. The highest BCUT2D eigenvalue weighted by Gasteiger charge is 2.51. The molecule has 142 valence electrons. The number of imide groups is 1. The summed E-state index contributed by atoms with van der Waals surface area (Å²) < 4.78 is 0. The van der Waals surface area contributed by atoms with Crippen molar-refractivity contribution in [1.29, 1.82) is 5.26 Å². The Kier molecular flexibility index (Phi) is 5.31. The normalized spacial score (nSPS) is 27.9. The Morgan fingerprint density at radius 1 is 1.33 bits per heavy atom. The minimum absolute atomic E-state index is 0.0525. The van der Waals surface area contributed by atoms with Crippen molar-refractivity contribution in [3.8, 4) is 6.07 Å². The summed E-state index contributed by atoms with van der Waals surface area (Å²) in [4.78, 5) is 38.1. The third-order valence-electron chi connectivity index (χ3n) is 4.70. The number of hydrogen-bond donors (Lipinski definition) is 2. The van der Waals surface area contributed by atoms with E-state index in [4.69, 9.17) is 5.26 Å². The monoisotopic (exact) mass is 390 g/mol. The van der Waals surface area contributed by atoms with Gasteiger partial charge in [0.1, 0.15) is 0 Å². The maximum atomic E-state index is 12.7. The molecule has 2 aliphatic rings. The molecule has 0 radical (unpaired) electrons. The average molecular weight is 390 g/mol. The molecule has 1 aromatic rings. The minimum atomic E-state index is -0.595. The predicted molar refractivity (Wildman–Crippen MR) is 97.2 cm³/mol. The lowest BCUT2D eigenvalue weighted by Crippen LogP contribution is -2.72. The number of fused-ring (bicyclic) bond motifs is 1. The van der Waals surface area contributed by atoms with E-state index in [1.807, 2.05) is 6.07 Å². The molecule has 2 saturated heterocycles. The number of carbonyl (C=O) groups excluding carboxylic acids is 2. The summed E-state index contributed by atoms with van der Waals surface area (Å²) in [5.74, 6) is -0.765. The van der Waals surface area contributed by atoms with E-state index >= 15 is 0 Å². The number of nitro groups is 1. The summed E-state index contributed by atoms with van der Waals surface area (Å²) >= 11 is 1.27. The number of rotatable bonds is 4. The van der Waals surface area contributed by atoms with Crippen LogP contribution < -0.4 is 10.6 Å². The van der Waals surface area contributed by atoms with Gasteiger partial charge in [0.2, 0.25) is 5.91 Å². The molecule has 0 saturated carbocycles. The first kappa shape index (κ1) is 19.1. The molecule has 2 aliphatic heterocycles. The van der Waals surface area contributed by atoms with Crippen molar-refractivity contribution < 1.29 is 14.5 Å². The summed E-state index contributed by atoms with van der Waals surface area (Å²) in [6, 6.07) is 7.75. The fraction of sp³-hybridized carbons (Fsp3) is 0.438. The summed E-state index contributed by atoms with van der Waals surface area (Å²) in [6.07, 6.45) is -1.11. The van der Waals surface area contributed by atoms with Gasteiger partial charge in [0.05, 0.1) is 40.4 Å². The molecule has 0 spiro atoms. The van der Waals surface area contributed by atoms with E-state index in [1.54, 1.807) is 19.2 Å². The molecule has 2 heterocycles. The second kappa shape index (κ2) is 7.51. The van der Waals surface area contributed by atoms with Crippen LogP contribution in [-0.4, -0.2) is 58.0 Å². The molecule has 0 aliphatic carbocycles. The van der Waals surface area contributed by atoms with Crippen LogP contribution in [0.5, 0.6) is 0 Å². The van der Waals surface area contributed by atoms with E-state index in [9.17, 15) is 19.7 Å². The predicted octanol–water partition coefficient (Wildman–Crippen LogP) is 0.835. The fourth-order valence-electron chi connectivity index (χ4n) is 3.34. The molecule has 3 rings (SSSR count). The smallest absolute Gasteiger partial charge is 0.311 e. The largest absolute Gasteiger partial charge is 0.327 e. The minimum Gasteiger partial charge on any atom is -0.311 e. The highest BCUT2D eigenvalue weighted by Crippen LogP contribution is 2.34. The van der Waals surface area contributed by atoms with E-state index < -0.39 is 34.6 Å². The summed E-state index contributed by atoms with van der Waals surface area (Å²) in [6.45, 7) is 0. The van der Waals surface area contributed by atoms with Gasteiger partial charge in [0, 0.05) is 26.2 Å². The van der Waals surface area contributed by atoms with Crippen LogP contribution >= 0.6 is 11.8 Å². The molecule has 10 nitrogen and oxygen atoms in total. The van der Waals surface area contributed by atoms with Gasteiger partial charge in [0.15, 0.2) is 0 Å². The fourth-order valence-corrected chi connectivity index (χ4v) is 4.29. The Morgan fingerprint density at radius 2 is 2.07 bits per heavy atom. The van der Waals surface area contributed by atoms with Crippen LogP contribution in [0.15, 0.2) is 24.3 Å². The lowest BCUT2D eigenvalue weighted by atomic mass is 9.96. The average Bonchev–Trinajstić information content (AvgIpc) is 2.68. The number of urea groups is 1. The number of nitriles is 1. The molecule has 4 atom stereocenters. The third-order valence-corrected chi connectivity index (χ3v) is 5.78. The topological polar surface area (TPSA) is 132 Å². The van der Waals surface area contributed by atoms with Gasteiger partial charge < -0.3 is 4.90 Å². The maximum Gasteiger partial charge on any atom is 0.327 e. The molecule has 2 fully saturated rings. The number of benzene rings is 1. The Bertz CT molecular complexity index is 827. The van der Waals surface area contributed by atoms with E-state index in [-0.39, 0.29) is 17.3 Å². The quantitative estimate of drug-likeness (QED) is 0.571. The highest BCUT2D eigenvalue weighted by molar-refractivity contribution is 8.00. The zero-order chi connectivity index (χ0) is 19.7. The van der Waals surface area contributed by atoms with Gasteiger partial charge in [-0.3, -0.25) is 30.4 Å². The maximum absolute atomic E-state index is 12.7. The number of amides is 3. The van der Waals surface area contributed by atoms with Crippen molar-refractivity contribution in [2.75, 3.05) is 19.8 Å². The molecule has 11 heteroatoms. The van der Waals surface area contributed by atoms with Gasteiger partial charge in [-0.25, -0.2) is 4.79 Å². The molecule has 3 amide bonds. The molecule has 2 N–H and O–H groups in total. The third kappa shape index (κ3) is 3.46. The van der Waals surface area contributed by atoms with Gasteiger partial charge in [-0.2, -0.15) is 5.26 Å². The van der Waals surface area contributed by atoms with E-state index in [0.29, 0.717) is 5.56 Å². The Labute approximate surface area is 159 Å². The van der Waals surface area contributed by atoms with Crippen molar-refractivity contribution >= 4 is 29.4 Å². The molecule has 0 bridgehead atoms. The number of nitrogens with one attached hydrogen (secondary N) is 2. The SMILES string of the molecule is CN1C(=O)C2C(SCC#N)NC(c3cccc([N+](=O)[O-])c3)NC2N(C)C1=O. The molecular formula is C16H18N6O4S. The van der Waals surface area contributed by atoms with E-state index in [1.165, 1.54) is 35.8 Å². The first-order chi connectivity index (χ1) is 12.8. The zero-order valence-electron chi connectivity index (χ0n) is 14.7. The number of non-ortho nitro benzene ring substituents is 1. The number of thioether (sulfide) groups is 1. The Morgan fingerprint density at radius 3 is 2.74 bits per heavy atom. The first-order valence-corrected chi connectivity index (χ1v) is 9.19. The van der Waals surface area contributed by atoms with Gasteiger partial charge >= 0.3 is 6.03 Å². The van der Waals surface area contributed by atoms with Crippen LogP contribution in [0.3, 0.4) is 0 Å². The van der Waals surface area contributed by atoms with Crippen molar-refractivity contribution in [2.45, 2.75) is 17.7 Å². The van der Waals surface area contributed by atoms with Crippen LogP contribution in [0.2, 0.25) is 0 Å². The highest BCUT2D eigenvalue weighted by atomic mass is 32.2.